The summed E-state index contributed by atoms with van der Waals surface area (Å²) in [6.45, 7) is 0.474. The minimum absolute atomic E-state index is 0.0291. The van der Waals surface area contributed by atoms with Gasteiger partial charge in [0, 0.05) is 5.56 Å². The van der Waals surface area contributed by atoms with E-state index >= 15 is 0 Å². The maximum Gasteiger partial charge on any atom is 0.417 e. The molecule has 0 aromatic heterocycles. The van der Waals surface area contributed by atoms with Crippen LogP contribution in [0.15, 0.2) is 36.4 Å². The van der Waals surface area contributed by atoms with Crippen molar-refractivity contribution in [2.45, 2.75) is 44.3 Å². The van der Waals surface area contributed by atoms with Crippen molar-refractivity contribution < 1.29 is 53.5 Å². The lowest BCUT2D eigenvalue weighted by molar-refractivity contribution is -0.140. The summed E-state index contributed by atoms with van der Waals surface area (Å²) in [5, 5.41) is 2.90. The first-order chi connectivity index (χ1) is 18.1. The predicted octanol–water partition coefficient (Wildman–Crippen LogP) is 7.77. The van der Waals surface area contributed by atoms with Gasteiger partial charge in [0.25, 0.3) is 5.91 Å². The molecule has 0 radical (unpaired) electrons. The normalized spacial score (nSPS) is 14.5. The van der Waals surface area contributed by atoms with Crippen molar-refractivity contribution >= 4 is 40.8 Å². The van der Waals surface area contributed by atoms with Gasteiger partial charge in [-0.2, -0.15) is 39.5 Å². The number of halogens is 12. The number of allylic oxidation sites excluding steroid dienone is 1. The van der Waals surface area contributed by atoms with Gasteiger partial charge in [-0.15, -0.1) is 0 Å². The molecule has 2 aromatic carbocycles. The molecule has 0 aliphatic carbocycles. The molecule has 0 aliphatic rings. The first kappa shape index (κ1) is 33.2. The fraction of sp³-hybridized carbons (Fsp3) is 0.333. The maximum absolute atomic E-state index is 15.0. The molecule has 0 fully saturated rings. The van der Waals surface area contributed by atoms with E-state index in [9.17, 15) is 53.5 Å². The summed E-state index contributed by atoms with van der Waals surface area (Å²) in [5.74, 6) is -7.28. The third-order valence-electron chi connectivity index (χ3n) is 5.31. The molecule has 2 amide bonds. The zero-order valence-corrected chi connectivity index (χ0v) is 21.7. The number of aryl methyl sites for hydroxylation is 1. The molecule has 40 heavy (non-hydrogen) atoms. The smallest absolute Gasteiger partial charge is 0.345 e. The summed E-state index contributed by atoms with van der Waals surface area (Å²) < 4.78 is 134. The summed E-state index contributed by atoms with van der Waals surface area (Å²) in [5.41, 5.74) is -4.32. The third kappa shape index (κ3) is 8.75. The summed E-state index contributed by atoms with van der Waals surface area (Å²) in [6, 6.07) is 1.23. The fourth-order valence-corrected chi connectivity index (χ4v) is 3.74. The highest BCUT2D eigenvalue weighted by Crippen LogP contribution is 2.42. The summed E-state index contributed by atoms with van der Waals surface area (Å²) in [7, 11) is 0. The van der Waals surface area contributed by atoms with Gasteiger partial charge in [-0.05, 0) is 49.2 Å². The van der Waals surface area contributed by atoms with Gasteiger partial charge < -0.3 is 10.6 Å². The number of carbonyl (C=O) groups excluding carboxylic acids is 2. The molecule has 0 saturated heterocycles. The molecule has 2 rings (SSSR count). The van der Waals surface area contributed by atoms with Crippen molar-refractivity contribution in [3.8, 4) is 0 Å². The molecule has 0 saturated carbocycles. The van der Waals surface area contributed by atoms with Crippen LogP contribution in [0.1, 0.15) is 45.5 Å². The largest absolute Gasteiger partial charge is 0.417 e. The Kier molecular flexibility index (Phi) is 10.2. The van der Waals surface area contributed by atoms with Crippen LogP contribution in [0.25, 0.3) is 5.83 Å². The lowest BCUT2D eigenvalue weighted by atomic mass is 9.94. The van der Waals surface area contributed by atoms with E-state index in [1.165, 1.54) is 12.2 Å². The molecule has 16 heteroatoms. The van der Waals surface area contributed by atoms with E-state index in [1.54, 1.807) is 5.32 Å². The second kappa shape index (κ2) is 12.2. The zero-order chi connectivity index (χ0) is 30.8. The molecule has 0 heterocycles. The van der Waals surface area contributed by atoms with Crippen LogP contribution < -0.4 is 10.6 Å². The Balaban J connectivity index is 2.45. The monoisotopic (exact) mass is 626 g/mol. The van der Waals surface area contributed by atoms with Crippen LogP contribution in [0.3, 0.4) is 0 Å². The highest BCUT2D eigenvalue weighted by atomic mass is 35.5. The summed E-state index contributed by atoms with van der Waals surface area (Å²) in [4.78, 5) is 24.1. The number of rotatable bonds is 7. The topological polar surface area (TPSA) is 58.2 Å². The second-order valence-corrected chi connectivity index (χ2v) is 9.24. The quantitative estimate of drug-likeness (QED) is 0.309. The van der Waals surface area contributed by atoms with Crippen molar-refractivity contribution in [2.24, 2.45) is 0 Å². The number of nitrogens with one attached hydrogen (secondary N) is 2. The average molecular weight is 627 g/mol. The van der Waals surface area contributed by atoms with Crippen LogP contribution >= 0.6 is 23.2 Å². The van der Waals surface area contributed by atoms with E-state index in [4.69, 9.17) is 23.2 Å². The third-order valence-corrected chi connectivity index (χ3v) is 6.20. The second-order valence-electron chi connectivity index (χ2n) is 8.45. The number of alkyl halides is 9. The predicted molar refractivity (Wildman–Crippen MR) is 127 cm³/mol. The number of amides is 2. The van der Waals surface area contributed by atoms with E-state index in [-0.39, 0.29) is 27.8 Å². The SMILES string of the molecule is Cc1cc(C(/C=C(\F)c2ccc(C(=O)NC(C)C(=O)NCC(F)(F)F)c(C(F)(F)F)c2)C(F)(F)F)cc(Cl)c1Cl. The standard InChI is InChI=1S/C24H18Cl2F10N2O2/c1-10-5-13(7-17(25)19(10)26)15(23(31,32)33)8-18(27)12-3-4-14(16(6-12)24(34,35)36)21(40)38-11(2)20(39)37-9-22(28,29)30/h3-8,11,15H,9H2,1-2H3,(H,37,39)(H,38,40)/b18-8-. The Hall–Kier alpha value is -3.00. The minimum atomic E-state index is -5.32. The molecule has 2 N–H and O–H groups in total. The first-order valence-corrected chi connectivity index (χ1v) is 11.6. The van der Waals surface area contributed by atoms with Crippen molar-refractivity contribution in [3.63, 3.8) is 0 Å². The molecule has 2 atom stereocenters. The maximum atomic E-state index is 15.0. The Labute approximate surface area is 230 Å². The number of hydrogen-bond acceptors (Lipinski definition) is 2. The van der Waals surface area contributed by atoms with Crippen LogP contribution in [0.2, 0.25) is 10.0 Å². The van der Waals surface area contributed by atoms with E-state index in [2.05, 4.69) is 0 Å². The Bertz CT molecular complexity index is 1280. The molecule has 2 unspecified atom stereocenters. The summed E-state index contributed by atoms with van der Waals surface area (Å²) >= 11 is 11.7. The van der Waals surface area contributed by atoms with Crippen LogP contribution in [0, 0.1) is 6.92 Å². The van der Waals surface area contributed by atoms with E-state index in [0.717, 1.165) is 19.1 Å². The summed E-state index contributed by atoms with van der Waals surface area (Å²) in [6.07, 6.45) is -15.2. The van der Waals surface area contributed by atoms with Gasteiger partial charge >= 0.3 is 18.5 Å². The Morgan fingerprint density at radius 3 is 2.08 bits per heavy atom. The number of hydrogen-bond donors (Lipinski definition) is 2. The van der Waals surface area contributed by atoms with Crippen molar-refractivity contribution in [1.82, 2.24) is 10.6 Å². The van der Waals surface area contributed by atoms with Crippen molar-refractivity contribution in [3.05, 3.63) is 74.3 Å². The molecule has 0 aliphatic heterocycles. The van der Waals surface area contributed by atoms with E-state index < -0.39 is 76.9 Å². The number of benzene rings is 2. The van der Waals surface area contributed by atoms with Gasteiger partial charge in [-0.3, -0.25) is 9.59 Å². The molecule has 220 valence electrons. The fourth-order valence-electron chi connectivity index (χ4n) is 3.36. The van der Waals surface area contributed by atoms with Crippen LogP contribution in [-0.4, -0.2) is 36.8 Å². The van der Waals surface area contributed by atoms with Crippen LogP contribution in [0.5, 0.6) is 0 Å². The van der Waals surface area contributed by atoms with Gasteiger partial charge in [0.2, 0.25) is 5.91 Å². The highest BCUT2D eigenvalue weighted by Gasteiger charge is 2.41. The van der Waals surface area contributed by atoms with Crippen LogP contribution in [0.4, 0.5) is 43.9 Å². The first-order valence-electron chi connectivity index (χ1n) is 10.9. The Morgan fingerprint density at radius 2 is 1.57 bits per heavy atom. The van der Waals surface area contributed by atoms with Gasteiger partial charge in [0.15, 0.2) is 0 Å². The molecule has 0 spiro atoms. The van der Waals surface area contributed by atoms with Gasteiger partial charge in [-0.25, -0.2) is 4.39 Å². The van der Waals surface area contributed by atoms with Crippen molar-refractivity contribution in [1.29, 1.82) is 0 Å². The van der Waals surface area contributed by atoms with Crippen LogP contribution in [-0.2, 0) is 11.0 Å². The number of carbonyl (C=O) groups is 2. The molecule has 4 nitrogen and oxygen atoms in total. The lowest BCUT2D eigenvalue weighted by Crippen LogP contribution is -2.47. The molecule has 0 bridgehead atoms. The lowest BCUT2D eigenvalue weighted by Gasteiger charge is -2.20. The zero-order valence-electron chi connectivity index (χ0n) is 20.2. The van der Waals surface area contributed by atoms with Gasteiger partial charge in [-0.1, -0.05) is 35.3 Å². The van der Waals surface area contributed by atoms with E-state index in [0.29, 0.717) is 12.1 Å². The highest BCUT2D eigenvalue weighted by molar-refractivity contribution is 6.42. The van der Waals surface area contributed by atoms with Gasteiger partial charge in [0.05, 0.1) is 21.2 Å². The minimum Gasteiger partial charge on any atom is -0.345 e. The average Bonchev–Trinajstić information content (AvgIpc) is 2.81. The van der Waals surface area contributed by atoms with E-state index in [1.807, 2.05) is 0 Å². The molecular formula is C24H18Cl2F10N2O2. The molecular weight excluding hydrogens is 609 g/mol. The Morgan fingerprint density at radius 1 is 0.975 bits per heavy atom. The molecule has 2 aromatic rings. The van der Waals surface area contributed by atoms with Gasteiger partial charge in [0.1, 0.15) is 24.3 Å². The van der Waals surface area contributed by atoms with Crippen molar-refractivity contribution in [2.75, 3.05) is 6.54 Å².